The van der Waals surface area contributed by atoms with E-state index >= 15 is 0 Å². The number of carboxylic acids is 1. The Morgan fingerprint density at radius 2 is 1.95 bits per heavy atom. The molecule has 1 N–H and O–H groups in total. The smallest absolute Gasteiger partial charge is 0.338 e. The summed E-state index contributed by atoms with van der Waals surface area (Å²) in [6, 6.07) is 4.28. The Labute approximate surface area is 113 Å². The van der Waals surface area contributed by atoms with Crippen LogP contribution in [0.1, 0.15) is 22.3 Å². The standard InChI is InChI=1S/C14H21FN2O2/c1-16(2)7-4-8-17(3)10-11-5-6-12(14(18)19)13(15)9-11/h5-6,9H,4,7-8,10H2,1-3H3,(H,18,19). The molecule has 0 spiro atoms. The van der Waals surface area contributed by atoms with Crippen molar-refractivity contribution >= 4 is 5.97 Å². The topological polar surface area (TPSA) is 43.8 Å². The van der Waals surface area contributed by atoms with Crippen molar-refractivity contribution in [2.75, 3.05) is 34.2 Å². The lowest BCUT2D eigenvalue weighted by Gasteiger charge is -2.18. The van der Waals surface area contributed by atoms with E-state index in [1.165, 1.54) is 12.1 Å². The van der Waals surface area contributed by atoms with Gasteiger partial charge in [0.05, 0.1) is 5.56 Å². The number of rotatable bonds is 7. The van der Waals surface area contributed by atoms with Gasteiger partial charge in [0, 0.05) is 6.54 Å². The number of carbonyl (C=O) groups is 1. The highest BCUT2D eigenvalue weighted by Crippen LogP contribution is 2.12. The van der Waals surface area contributed by atoms with Crippen LogP contribution in [-0.2, 0) is 6.54 Å². The molecule has 0 fully saturated rings. The third-order valence-electron chi connectivity index (χ3n) is 2.86. The molecule has 1 rings (SSSR count). The molecule has 19 heavy (non-hydrogen) atoms. The molecule has 5 heteroatoms. The van der Waals surface area contributed by atoms with Crippen molar-refractivity contribution in [3.05, 3.63) is 35.1 Å². The lowest BCUT2D eigenvalue weighted by atomic mass is 10.1. The van der Waals surface area contributed by atoms with Gasteiger partial charge in [-0.05, 0) is 58.3 Å². The third-order valence-corrected chi connectivity index (χ3v) is 2.86. The number of benzene rings is 1. The van der Waals surface area contributed by atoms with Crippen LogP contribution in [0, 0.1) is 5.82 Å². The fourth-order valence-corrected chi connectivity index (χ4v) is 1.88. The Bertz CT molecular complexity index is 435. The van der Waals surface area contributed by atoms with Crippen LogP contribution >= 0.6 is 0 Å². The molecule has 0 aliphatic heterocycles. The zero-order valence-electron chi connectivity index (χ0n) is 11.7. The Morgan fingerprint density at radius 1 is 1.26 bits per heavy atom. The number of aromatic carboxylic acids is 1. The van der Waals surface area contributed by atoms with Crippen LogP contribution in [0.5, 0.6) is 0 Å². The average molecular weight is 268 g/mol. The predicted octanol–water partition coefficient (Wildman–Crippen LogP) is 1.91. The fraction of sp³-hybridized carbons (Fsp3) is 0.500. The second kappa shape index (κ2) is 7.21. The maximum atomic E-state index is 13.5. The molecule has 0 atom stereocenters. The summed E-state index contributed by atoms with van der Waals surface area (Å²) in [6.07, 6.45) is 1.04. The number of hydrogen-bond donors (Lipinski definition) is 1. The van der Waals surface area contributed by atoms with Crippen LogP contribution in [0.4, 0.5) is 4.39 Å². The minimum atomic E-state index is -1.23. The lowest BCUT2D eigenvalue weighted by molar-refractivity contribution is 0.0692. The van der Waals surface area contributed by atoms with Crippen molar-refractivity contribution in [3.63, 3.8) is 0 Å². The van der Waals surface area contributed by atoms with Crippen molar-refractivity contribution in [1.82, 2.24) is 9.80 Å². The maximum Gasteiger partial charge on any atom is 0.338 e. The van der Waals surface area contributed by atoms with E-state index in [9.17, 15) is 9.18 Å². The Balaban J connectivity index is 2.53. The molecule has 0 aliphatic carbocycles. The van der Waals surface area contributed by atoms with E-state index < -0.39 is 11.8 Å². The van der Waals surface area contributed by atoms with Crippen molar-refractivity contribution < 1.29 is 14.3 Å². The molecular formula is C14H21FN2O2. The van der Waals surface area contributed by atoms with E-state index in [0.29, 0.717) is 6.54 Å². The van der Waals surface area contributed by atoms with Crippen LogP contribution in [-0.4, -0.2) is 55.1 Å². The van der Waals surface area contributed by atoms with Crippen LogP contribution in [0.3, 0.4) is 0 Å². The van der Waals surface area contributed by atoms with Gasteiger partial charge in [-0.2, -0.15) is 0 Å². The van der Waals surface area contributed by atoms with Gasteiger partial charge in [-0.3, -0.25) is 0 Å². The van der Waals surface area contributed by atoms with E-state index in [0.717, 1.165) is 25.1 Å². The second-order valence-corrected chi connectivity index (χ2v) is 5.01. The van der Waals surface area contributed by atoms with Gasteiger partial charge in [0.1, 0.15) is 5.82 Å². The summed E-state index contributed by atoms with van der Waals surface area (Å²) in [5, 5.41) is 8.75. The van der Waals surface area contributed by atoms with Gasteiger partial charge in [0.25, 0.3) is 0 Å². The lowest BCUT2D eigenvalue weighted by Crippen LogP contribution is -2.23. The summed E-state index contributed by atoms with van der Waals surface area (Å²) in [5.41, 5.74) is 0.508. The molecule has 4 nitrogen and oxygen atoms in total. The van der Waals surface area contributed by atoms with Crippen molar-refractivity contribution in [2.24, 2.45) is 0 Å². The summed E-state index contributed by atoms with van der Waals surface area (Å²) in [7, 11) is 6.03. The molecule has 0 unspecified atom stereocenters. The van der Waals surface area contributed by atoms with E-state index in [-0.39, 0.29) is 5.56 Å². The summed E-state index contributed by atoms with van der Waals surface area (Å²) in [4.78, 5) is 14.9. The highest BCUT2D eigenvalue weighted by Gasteiger charge is 2.11. The zero-order chi connectivity index (χ0) is 14.4. The summed E-state index contributed by atoms with van der Waals surface area (Å²) in [6.45, 7) is 2.54. The average Bonchev–Trinajstić information content (AvgIpc) is 2.27. The number of hydrogen-bond acceptors (Lipinski definition) is 3. The van der Waals surface area contributed by atoms with Gasteiger partial charge in [-0.25, -0.2) is 9.18 Å². The Morgan fingerprint density at radius 3 is 2.47 bits per heavy atom. The molecule has 0 aliphatic rings. The van der Waals surface area contributed by atoms with Crippen LogP contribution in [0.25, 0.3) is 0 Å². The predicted molar refractivity (Wildman–Crippen MR) is 72.9 cm³/mol. The highest BCUT2D eigenvalue weighted by molar-refractivity contribution is 5.87. The minimum absolute atomic E-state index is 0.279. The second-order valence-electron chi connectivity index (χ2n) is 5.01. The largest absolute Gasteiger partial charge is 0.478 e. The first-order valence-electron chi connectivity index (χ1n) is 6.25. The van der Waals surface area contributed by atoms with Gasteiger partial charge in [-0.1, -0.05) is 6.07 Å². The van der Waals surface area contributed by atoms with Crippen LogP contribution in [0.2, 0.25) is 0 Å². The molecule has 0 saturated carbocycles. The molecule has 0 bridgehead atoms. The normalized spacial score (nSPS) is 11.3. The maximum absolute atomic E-state index is 13.5. The van der Waals surface area contributed by atoms with Gasteiger partial charge in [0.15, 0.2) is 0 Å². The molecule has 1 aromatic rings. The number of carboxylic acid groups (broad SMARTS) is 1. The van der Waals surface area contributed by atoms with Crippen molar-refractivity contribution in [1.29, 1.82) is 0 Å². The van der Waals surface area contributed by atoms with Gasteiger partial charge in [-0.15, -0.1) is 0 Å². The van der Waals surface area contributed by atoms with Crippen molar-refractivity contribution in [3.8, 4) is 0 Å². The van der Waals surface area contributed by atoms with Gasteiger partial charge < -0.3 is 14.9 Å². The monoisotopic (exact) mass is 268 g/mol. The molecule has 0 radical (unpaired) electrons. The Kier molecular flexibility index (Phi) is 5.92. The molecule has 0 amide bonds. The molecule has 106 valence electrons. The highest BCUT2D eigenvalue weighted by atomic mass is 19.1. The molecule has 0 aromatic heterocycles. The first-order chi connectivity index (χ1) is 8.90. The molecular weight excluding hydrogens is 247 g/mol. The summed E-state index contributed by atoms with van der Waals surface area (Å²) >= 11 is 0. The van der Waals surface area contributed by atoms with Crippen LogP contribution in [0.15, 0.2) is 18.2 Å². The first kappa shape index (κ1) is 15.6. The SMILES string of the molecule is CN(C)CCCN(C)Cc1ccc(C(=O)O)c(F)c1. The first-order valence-corrected chi connectivity index (χ1v) is 6.25. The van der Waals surface area contributed by atoms with Gasteiger partial charge >= 0.3 is 5.97 Å². The van der Waals surface area contributed by atoms with Crippen LogP contribution < -0.4 is 0 Å². The quantitative estimate of drug-likeness (QED) is 0.820. The molecule has 0 heterocycles. The fourth-order valence-electron chi connectivity index (χ4n) is 1.88. The Hall–Kier alpha value is -1.46. The van der Waals surface area contributed by atoms with E-state index in [1.54, 1.807) is 6.07 Å². The summed E-state index contributed by atoms with van der Waals surface area (Å²) < 4.78 is 13.5. The number of halogens is 1. The van der Waals surface area contributed by atoms with Crippen molar-refractivity contribution in [2.45, 2.75) is 13.0 Å². The molecule has 1 aromatic carbocycles. The molecule has 0 saturated heterocycles. The zero-order valence-corrected chi connectivity index (χ0v) is 11.7. The summed E-state index contributed by atoms with van der Waals surface area (Å²) in [5.74, 6) is -1.91. The number of nitrogens with zero attached hydrogens (tertiary/aromatic N) is 2. The van der Waals surface area contributed by atoms with E-state index in [1.807, 2.05) is 21.1 Å². The van der Waals surface area contributed by atoms with Gasteiger partial charge in [0.2, 0.25) is 0 Å². The minimum Gasteiger partial charge on any atom is -0.478 e. The van der Waals surface area contributed by atoms with E-state index in [2.05, 4.69) is 9.80 Å². The van der Waals surface area contributed by atoms with E-state index in [4.69, 9.17) is 5.11 Å². The third kappa shape index (κ3) is 5.36.